The summed E-state index contributed by atoms with van der Waals surface area (Å²) in [5, 5.41) is 10.7. The molecule has 2 amide bonds. The van der Waals surface area contributed by atoms with Gasteiger partial charge in [0.25, 0.3) is 0 Å². The van der Waals surface area contributed by atoms with E-state index in [4.69, 9.17) is 11.6 Å². The third-order valence-electron chi connectivity index (χ3n) is 5.90. The second kappa shape index (κ2) is 10.8. The quantitative estimate of drug-likeness (QED) is 0.170. The Hall–Kier alpha value is -4.65. The van der Waals surface area contributed by atoms with Crippen molar-refractivity contribution < 1.29 is 18.0 Å². The number of aromatic amines is 1. The summed E-state index contributed by atoms with van der Waals surface area (Å²) in [5.41, 5.74) is 0.880. The van der Waals surface area contributed by atoms with Gasteiger partial charge in [0.1, 0.15) is 5.82 Å². The topological polar surface area (TPSA) is 137 Å². The van der Waals surface area contributed by atoms with Crippen LogP contribution in [0.15, 0.2) is 59.5 Å². The summed E-state index contributed by atoms with van der Waals surface area (Å²) in [6.45, 7) is 1.84. The predicted molar refractivity (Wildman–Crippen MR) is 146 cm³/mol. The number of hydrogen-bond donors (Lipinski definition) is 5. The first-order chi connectivity index (χ1) is 19.0. The number of hydrogen-bond acceptors (Lipinski definition) is 7. The Balaban J connectivity index is 1.33. The minimum absolute atomic E-state index is 0.0714. The lowest BCUT2D eigenvalue weighted by Crippen LogP contribution is -2.20. The molecule has 1 aliphatic carbocycles. The molecule has 2 aromatic heterocycles. The predicted octanol–water partition coefficient (Wildman–Crippen LogP) is 6.55. The van der Waals surface area contributed by atoms with E-state index < -0.39 is 22.8 Å². The molecule has 40 heavy (non-hydrogen) atoms. The fourth-order valence-electron chi connectivity index (χ4n) is 3.75. The molecule has 0 bridgehead atoms. The van der Waals surface area contributed by atoms with Gasteiger partial charge in [0.2, 0.25) is 17.5 Å². The maximum atomic E-state index is 13.1. The molecular weight excluding hydrogens is 549 g/mol. The van der Waals surface area contributed by atoms with Crippen LogP contribution >= 0.6 is 11.6 Å². The van der Waals surface area contributed by atoms with E-state index in [0.29, 0.717) is 22.9 Å². The van der Waals surface area contributed by atoms with Crippen LogP contribution in [-0.4, -0.2) is 26.0 Å². The van der Waals surface area contributed by atoms with Gasteiger partial charge in [-0.3, -0.25) is 4.79 Å². The molecule has 5 N–H and O–H groups in total. The summed E-state index contributed by atoms with van der Waals surface area (Å²) in [6.07, 6.45) is -1.24. The van der Waals surface area contributed by atoms with Crippen molar-refractivity contribution in [2.24, 2.45) is 0 Å². The number of H-pyrrole nitrogens is 1. The van der Waals surface area contributed by atoms with E-state index in [1.54, 1.807) is 24.3 Å². The van der Waals surface area contributed by atoms with Gasteiger partial charge in [-0.1, -0.05) is 17.7 Å². The standard InChI is InChI=1S/C26H22ClF3N8O2/c1-13-2-5-16(34-25(40)33-15-6-7-19(27)18(10-15)26(28,29)30)11-20(13)35-24-37-22(14-3-4-14)36-23(38-24)32-17-8-9-31-21(39)12-17/h2,5-12,14H,3-4H2,1H3,(H2,33,34,40)(H3,31,32,35,36,37,38,39). The van der Waals surface area contributed by atoms with Crippen LogP contribution in [0.4, 0.5) is 52.6 Å². The first-order valence-electron chi connectivity index (χ1n) is 12.1. The summed E-state index contributed by atoms with van der Waals surface area (Å²) in [4.78, 5) is 40.2. The fourth-order valence-corrected chi connectivity index (χ4v) is 3.97. The smallest absolute Gasteiger partial charge is 0.329 e. The Kier molecular flexibility index (Phi) is 7.30. The van der Waals surface area contributed by atoms with Gasteiger partial charge < -0.3 is 26.3 Å². The van der Waals surface area contributed by atoms with E-state index in [-0.39, 0.29) is 29.1 Å². The number of benzene rings is 2. The van der Waals surface area contributed by atoms with Crippen LogP contribution in [0.3, 0.4) is 0 Å². The molecule has 2 heterocycles. The molecule has 4 aromatic rings. The number of pyridine rings is 1. The molecule has 5 rings (SSSR count). The van der Waals surface area contributed by atoms with Crippen LogP contribution in [0.5, 0.6) is 0 Å². The van der Waals surface area contributed by atoms with Gasteiger partial charge in [-0.2, -0.15) is 28.1 Å². The molecule has 1 aliphatic rings. The van der Waals surface area contributed by atoms with E-state index in [0.717, 1.165) is 30.5 Å². The Morgan fingerprint density at radius 2 is 1.60 bits per heavy atom. The zero-order valence-electron chi connectivity index (χ0n) is 20.9. The highest BCUT2D eigenvalue weighted by atomic mass is 35.5. The van der Waals surface area contributed by atoms with Crippen LogP contribution in [-0.2, 0) is 6.18 Å². The number of aryl methyl sites for hydroxylation is 1. The number of halogens is 4. The Morgan fingerprint density at radius 3 is 2.27 bits per heavy atom. The van der Waals surface area contributed by atoms with Crippen LogP contribution in [0.1, 0.15) is 35.7 Å². The van der Waals surface area contributed by atoms with Crippen molar-refractivity contribution in [2.45, 2.75) is 31.9 Å². The number of carbonyl (C=O) groups excluding carboxylic acids is 1. The molecule has 2 aromatic carbocycles. The number of anilines is 6. The number of carbonyl (C=O) groups is 1. The van der Waals surface area contributed by atoms with Crippen molar-refractivity contribution in [1.82, 2.24) is 19.9 Å². The second-order valence-corrected chi connectivity index (χ2v) is 9.52. The first kappa shape index (κ1) is 26.9. The van der Waals surface area contributed by atoms with Crippen molar-refractivity contribution in [1.29, 1.82) is 0 Å². The molecule has 0 spiro atoms. The molecule has 0 unspecified atom stereocenters. The van der Waals surface area contributed by atoms with E-state index in [9.17, 15) is 22.8 Å². The van der Waals surface area contributed by atoms with Crippen LogP contribution in [0, 0.1) is 6.92 Å². The van der Waals surface area contributed by atoms with Gasteiger partial charge in [0, 0.05) is 40.9 Å². The third kappa shape index (κ3) is 6.67. The summed E-state index contributed by atoms with van der Waals surface area (Å²) in [6, 6.07) is 10.4. The van der Waals surface area contributed by atoms with Crippen LogP contribution in [0.25, 0.3) is 0 Å². The van der Waals surface area contributed by atoms with Crippen LogP contribution < -0.4 is 26.8 Å². The second-order valence-electron chi connectivity index (χ2n) is 9.11. The van der Waals surface area contributed by atoms with Crippen molar-refractivity contribution in [3.63, 3.8) is 0 Å². The lowest BCUT2D eigenvalue weighted by Gasteiger charge is -2.14. The Labute approximate surface area is 230 Å². The lowest BCUT2D eigenvalue weighted by atomic mass is 10.2. The molecule has 0 aliphatic heterocycles. The van der Waals surface area contributed by atoms with Crippen molar-refractivity contribution in [2.75, 3.05) is 21.3 Å². The van der Waals surface area contributed by atoms with Crippen molar-refractivity contribution >= 4 is 52.3 Å². The summed E-state index contributed by atoms with van der Waals surface area (Å²) in [7, 11) is 0. The normalized spacial score (nSPS) is 13.0. The van der Waals surface area contributed by atoms with Crippen molar-refractivity contribution in [3.8, 4) is 0 Å². The summed E-state index contributed by atoms with van der Waals surface area (Å²) in [5.74, 6) is 1.34. The Morgan fingerprint density at radius 1 is 0.925 bits per heavy atom. The Bertz CT molecular complexity index is 1640. The molecule has 10 nitrogen and oxygen atoms in total. The van der Waals surface area contributed by atoms with Gasteiger partial charge in [0.05, 0.1) is 10.6 Å². The molecular formula is C26H22ClF3N8O2. The van der Waals surface area contributed by atoms with E-state index in [2.05, 4.69) is 41.2 Å². The average Bonchev–Trinajstić information content (AvgIpc) is 3.72. The number of urea groups is 1. The van der Waals surface area contributed by atoms with E-state index >= 15 is 0 Å². The molecule has 0 atom stereocenters. The minimum Gasteiger partial charge on any atom is -0.329 e. The number of rotatable bonds is 7. The number of aromatic nitrogens is 4. The van der Waals surface area contributed by atoms with Gasteiger partial charge in [-0.15, -0.1) is 0 Å². The fraction of sp³-hybridized carbons (Fsp3) is 0.192. The first-order valence-corrected chi connectivity index (χ1v) is 12.5. The third-order valence-corrected chi connectivity index (χ3v) is 6.23. The zero-order valence-corrected chi connectivity index (χ0v) is 21.6. The summed E-state index contributed by atoms with van der Waals surface area (Å²) < 4.78 is 39.4. The van der Waals surface area contributed by atoms with Gasteiger partial charge >= 0.3 is 12.2 Å². The maximum absolute atomic E-state index is 13.1. The largest absolute Gasteiger partial charge is 0.417 e. The van der Waals surface area contributed by atoms with Crippen molar-refractivity contribution in [3.05, 3.63) is 87.1 Å². The van der Waals surface area contributed by atoms with E-state index in [1.165, 1.54) is 18.3 Å². The average molecular weight is 571 g/mol. The number of nitrogens with zero attached hydrogens (tertiary/aromatic N) is 3. The highest BCUT2D eigenvalue weighted by Gasteiger charge is 2.33. The molecule has 1 fully saturated rings. The number of alkyl halides is 3. The number of nitrogens with one attached hydrogen (secondary N) is 5. The zero-order chi connectivity index (χ0) is 28.4. The lowest BCUT2D eigenvalue weighted by molar-refractivity contribution is -0.137. The van der Waals surface area contributed by atoms with Gasteiger partial charge in [-0.05, 0) is 61.7 Å². The van der Waals surface area contributed by atoms with Crippen LogP contribution in [0.2, 0.25) is 5.02 Å². The molecule has 0 radical (unpaired) electrons. The molecule has 1 saturated carbocycles. The minimum atomic E-state index is -4.66. The van der Waals surface area contributed by atoms with Gasteiger partial charge in [-0.25, -0.2) is 4.79 Å². The summed E-state index contributed by atoms with van der Waals surface area (Å²) >= 11 is 5.65. The molecule has 0 saturated heterocycles. The number of amides is 2. The highest BCUT2D eigenvalue weighted by Crippen LogP contribution is 2.39. The monoisotopic (exact) mass is 570 g/mol. The van der Waals surface area contributed by atoms with Gasteiger partial charge in [0.15, 0.2) is 0 Å². The molecule has 206 valence electrons. The van der Waals surface area contributed by atoms with E-state index in [1.807, 2.05) is 6.92 Å². The maximum Gasteiger partial charge on any atom is 0.417 e. The SMILES string of the molecule is Cc1ccc(NC(=O)Nc2ccc(Cl)c(C(F)(F)F)c2)cc1Nc1nc(Nc2cc[nH]c(=O)c2)nc(C2CC2)n1. The highest BCUT2D eigenvalue weighted by molar-refractivity contribution is 6.31. The molecule has 14 heteroatoms.